The van der Waals surface area contributed by atoms with Crippen LogP contribution in [0.25, 0.3) is 0 Å². The van der Waals surface area contributed by atoms with Gasteiger partial charge in [0.2, 0.25) is 0 Å². The Morgan fingerprint density at radius 1 is 1.11 bits per heavy atom. The molecule has 1 atom stereocenters. The van der Waals surface area contributed by atoms with Gasteiger partial charge in [0, 0.05) is 15.7 Å². The highest BCUT2D eigenvalue weighted by Gasteiger charge is 2.19. The van der Waals surface area contributed by atoms with Crippen LogP contribution in [0.1, 0.15) is 33.0 Å². The van der Waals surface area contributed by atoms with Crippen LogP contribution in [0.4, 0.5) is 5.69 Å². The minimum absolute atomic E-state index is 0.104. The molecule has 0 radical (unpaired) electrons. The number of nitrogens with zero attached hydrogens (tertiary/aromatic N) is 1. The lowest BCUT2D eigenvalue weighted by atomic mass is 9.91. The standard InChI is InChI=1S/C22H16Cl2N2O2/c1-13-10-17(18(12-25)14-6-8-15(23)9-7-14)19(24)11-20(13)26-22(28)16-4-2-3-5-21(16)27/h2-11,18,27H,1H3,(H,26,28). The molecule has 0 aliphatic heterocycles. The summed E-state index contributed by atoms with van der Waals surface area (Å²) in [7, 11) is 0. The summed E-state index contributed by atoms with van der Waals surface area (Å²) in [5.41, 5.74) is 2.84. The summed E-state index contributed by atoms with van der Waals surface area (Å²) in [6, 6.07) is 19.0. The van der Waals surface area contributed by atoms with E-state index >= 15 is 0 Å². The molecule has 0 spiro atoms. The number of aromatic hydroxyl groups is 1. The number of rotatable bonds is 4. The molecular weight excluding hydrogens is 395 g/mol. The predicted octanol–water partition coefficient (Wildman–Crippen LogP) is 5.92. The lowest BCUT2D eigenvalue weighted by Gasteiger charge is -2.16. The monoisotopic (exact) mass is 410 g/mol. The van der Waals surface area contributed by atoms with E-state index in [1.165, 1.54) is 12.1 Å². The van der Waals surface area contributed by atoms with Crippen molar-refractivity contribution in [2.24, 2.45) is 0 Å². The van der Waals surface area contributed by atoms with E-state index in [0.29, 0.717) is 21.3 Å². The number of para-hydroxylation sites is 1. The SMILES string of the molecule is Cc1cc(C(C#N)c2ccc(Cl)cc2)c(Cl)cc1NC(=O)c1ccccc1O. The van der Waals surface area contributed by atoms with Crippen LogP contribution in [0, 0.1) is 18.3 Å². The number of anilines is 1. The third-order valence-electron chi connectivity index (χ3n) is 4.38. The van der Waals surface area contributed by atoms with Gasteiger partial charge < -0.3 is 10.4 Å². The third kappa shape index (κ3) is 4.12. The molecule has 0 aromatic heterocycles. The largest absolute Gasteiger partial charge is 0.507 e. The molecule has 1 amide bonds. The number of benzene rings is 3. The quantitative estimate of drug-likeness (QED) is 0.560. The molecule has 0 fully saturated rings. The molecule has 3 aromatic carbocycles. The van der Waals surface area contributed by atoms with Gasteiger partial charge in [-0.1, -0.05) is 53.5 Å². The van der Waals surface area contributed by atoms with Gasteiger partial charge in [0.15, 0.2) is 0 Å². The third-order valence-corrected chi connectivity index (χ3v) is 4.96. The van der Waals surface area contributed by atoms with Crippen molar-refractivity contribution in [1.29, 1.82) is 5.26 Å². The average molecular weight is 411 g/mol. The number of nitrogens with one attached hydrogen (secondary N) is 1. The Balaban J connectivity index is 1.92. The molecule has 3 rings (SSSR count). The number of nitriles is 1. The van der Waals surface area contributed by atoms with Crippen LogP contribution in [-0.2, 0) is 0 Å². The van der Waals surface area contributed by atoms with Crippen LogP contribution >= 0.6 is 23.2 Å². The number of hydrogen-bond donors (Lipinski definition) is 2. The molecular formula is C22H16Cl2N2O2. The smallest absolute Gasteiger partial charge is 0.259 e. The second kappa shape index (κ2) is 8.35. The average Bonchev–Trinajstić information content (AvgIpc) is 2.67. The van der Waals surface area contributed by atoms with Crippen molar-refractivity contribution in [2.75, 3.05) is 5.32 Å². The summed E-state index contributed by atoms with van der Waals surface area (Å²) in [6.07, 6.45) is 0. The van der Waals surface area contributed by atoms with E-state index in [1.54, 1.807) is 48.5 Å². The second-order valence-electron chi connectivity index (χ2n) is 6.27. The van der Waals surface area contributed by atoms with Gasteiger partial charge in [0.1, 0.15) is 5.75 Å². The summed E-state index contributed by atoms with van der Waals surface area (Å²) in [6.45, 7) is 1.82. The topological polar surface area (TPSA) is 73.1 Å². The van der Waals surface area contributed by atoms with Gasteiger partial charge in [-0.25, -0.2) is 0 Å². The van der Waals surface area contributed by atoms with Crippen LogP contribution in [0.2, 0.25) is 10.0 Å². The minimum atomic E-state index is -0.564. The first-order chi connectivity index (χ1) is 13.4. The summed E-state index contributed by atoms with van der Waals surface area (Å²) in [5, 5.41) is 23.2. The molecule has 3 aromatic rings. The van der Waals surface area contributed by atoms with Gasteiger partial charge in [-0.2, -0.15) is 5.26 Å². The summed E-state index contributed by atoms with van der Waals surface area (Å²) >= 11 is 12.4. The van der Waals surface area contributed by atoms with Crippen molar-refractivity contribution in [3.8, 4) is 11.8 Å². The Morgan fingerprint density at radius 2 is 1.79 bits per heavy atom. The highest BCUT2D eigenvalue weighted by Crippen LogP contribution is 2.34. The maximum atomic E-state index is 12.4. The highest BCUT2D eigenvalue weighted by atomic mass is 35.5. The van der Waals surface area contributed by atoms with Gasteiger partial charge in [0.05, 0.1) is 17.6 Å². The first-order valence-electron chi connectivity index (χ1n) is 8.45. The summed E-state index contributed by atoms with van der Waals surface area (Å²) < 4.78 is 0. The predicted molar refractivity (Wildman–Crippen MR) is 111 cm³/mol. The van der Waals surface area contributed by atoms with Crippen molar-refractivity contribution in [3.05, 3.63) is 93.0 Å². The molecule has 1 unspecified atom stereocenters. The first kappa shape index (κ1) is 19.8. The molecule has 0 aliphatic rings. The fourth-order valence-corrected chi connectivity index (χ4v) is 3.29. The van der Waals surface area contributed by atoms with Gasteiger partial charge in [-0.3, -0.25) is 4.79 Å². The highest BCUT2D eigenvalue weighted by molar-refractivity contribution is 6.32. The molecule has 0 bridgehead atoms. The van der Waals surface area contributed by atoms with Crippen LogP contribution in [-0.4, -0.2) is 11.0 Å². The maximum absolute atomic E-state index is 12.4. The summed E-state index contributed by atoms with van der Waals surface area (Å²) in [4.78, 5) is 12.4. The Hall–Kier alpha value is -3.00. The van der Waals surface area contributed by atoms with E-state index in [2.05, 4.69) is 11.4 Å². The Kier molecular flexibility index (Phi) is 5.89. The lowest BCUT2D eigenvalue weighted by molar-refractivity contribution is 0.102. The van der Waals surface area contributed by atoms with Crippen LogP contribution in [0.15, 0.2) is 60.7 Å². The summed E-state index contributed by atoms with van der Waals surface area (Å²) in [5.74, 6) is -1.11. The molecule has 4 nitrogen and oxygen atoms in total. The fourth-order valence-electron chi connectivity index (χ4n) is 2.89. The molecule has 6 heteroatoms. The molecule has 0 saturated heterocycles. The van der Waals surface area contributed by atoms with Gasteiger partial charge in [-0.05, 0) is 53.9 Å². The van der Waals surface area contributed by atoms with Crippen molar-refractivity contribution in [1.82, 2.24) is 0 Å². The zero-order valence-corrected chi connectivity index (χ0v) is 16.4. The van der Waals surface area contributed by atoms with Crippen molar-refractivity contribution >= 4 is 34.8 Å². The Bertz CT molecular complexity index is 1070. The van der Waals surface area contributed by atoms with Crippen molar-refractivity contribution < 1.29 is 9.90 Å². The molecule has 0 heterocycles. The molecule has 0 aliphatic carbocycles. The van der Waals surface area contributed by atoms with Gasteiger partial charge >= 0.3 is 0 Å². The maximum Gasteiger partial charge on any atom is 0.259 e. The van der Waals surface area contributed by atoms with Crippen LogP contribution in [0.5, 0.6) is 5.75 Å². The van der Waals surface area contributed by atoms with Gasteiger partial charge in [-0.15, -0.1) is 0 Å². The first-order valence-corrected chi connectivity index (χ1v) is 9.20. The van der Waals surface area contributed by atoms with E-state index in [4.69, 9.17) is 23.2 Å². The van der Waals surface area contributed by atoms with E-state index < -0.39 is 11.8 Å². The number of carbonyl (C=O) groups is 1. The minimum Gasteiger partial charge on any atom is -0.507 e. The van der Waals surface area contributed by atoms with Crippen molar-refractivity contribution in [2.45, 2.75) is 12.8 Å². The fraction of sp³-hybridized carbons (Fsp3) is 0.0909. The number of carbonyl (C=O) groups excluding carboxylic acids is 1. The van der Waals surface area contributed by atoms with Crippen LogP contribution in [0.3, 0.4) is 0 Å². The molecule has 28 heavy (non-hydrogen) atoms. The number of hydrogen-bond acceptors (Lipinski definition) is 3. The van der Waals surface area contributed by atoms with Crippen LogP contribution < -0.4 is 5.32 Å². The zero-order valence-electron chi connectivity index (χ0n) is 14.9. The zero-order chi connectivity index (χ0) is 20.3. The number of halogens is 2. The van der Waals surface area contributed by atoms with E-state index in [1.807, 2.05) is 6.92 Å². The molecule has 140 valence electrons. The second-order valence-corrected chi connectivity index (χ2v) is 7.12. The molecule has 2 N–H and O–H groups in total. The Morgan fingerprint density at radius 3 is 2.43 bits per heavy atom. The Labute approximate surface area is 173 Å². The number of amides is 1. The lowest BCUT2D eigenvalue weighted by Crippen LogP contribution is -2.13. The molecule has 0 saturated carbocycles. The van der Waals surface area contributed by atoms with Gasteiger partial charge in [0.25, 0.3) is 5.91 Å². The van der Waals surface area contributed by atoms with E-state index in [9.17, 15) is 15.2 Å². The number of aryl methyl sites for hydroxylation is 1. The normalized spacial score (nSPS) is 11.5. The van der Waals surface area contributed by atoms with E-state index in [-0.39, 0.29) is 11.3 Å². The van der Waals surface area contributed by atoms with E-state index in [0.717, 1.165) is 11.1 Å². The van der Waals surface area contributed by atoms with Crippen molar-refractivity contribution in [3.63, 3.8) is 0 Å². The number of phenolic OH excluding ortho intramolecular Hbond substituents is 1. The number of phenols is 1.